The van der Waals surface area contributed by atoms with E-state index in [1.54, 1.807) is 0 Å². The number of cyclic esters (lactones) is 2. The number of carboxylic acids is 1. The number of carbonyl (C=O) groups is 3. The number of alkyl carbamates (subject to hydrolysis) is 1. The van der Waals surface area contributed by atoms with E-state index in [-0.39, 0.29) is 6.42 Å². The second-order valence-electron chi connectivity index (χ2n) is 2.88. The molecule has 1 rings (SSSR count). The topological polar surface area (TPSA) is 92.7 Å². The van der Waals surface area contributed by atoms with Gasteiger partial charge in [0.25, 0.3) is 0 Å². The van der Waals surface area contributed by atoms with Crippen LogP contribution in [-0.2, 0) is 14.3 Å². The van der Waals surface area contributed by atoms with Crippen LogP contribution in [0.1, 0.15) is 13.3 Å². The Morgan fingerprint density at radius 1 is 1.69 bits per heavy atom. The average Bonchev–Trinajstić information content (AvgIpc) is 2.30. The van der Waals surface area contributed by atoms with Crippen LogP contribution in [0.2, 0.25) is 0 Å². The van der Waals surface area contributed by atoms with E-state index >= 15 is 0 Å². The van der Waals surface area contributed by atoms with Crippen molar-refractivity contribution >= 4 is 18.0 Å². The Labute approximate surface area is 73.9 Å². The Morgan fingerprint density at radius 2 is 2.31 bits per heavy atom. The molecule has 1 heterocycles. The quantitative estimate of drug-likeness (QED) is 0.468. The standard InChI is InChI=1S/C7H9NO5/c1-3(5(9)10)2-4-6(11)13-7(12)8-4/h3-4H,2H2,1H3,(H,8,12)(H,9,10). The average molecular weight is 187 g/mol. The number of carboxylic acid groups (broad SMARTS) is 1. The van der Waals surface area contributed by atoms with Gasteiger partial charge in [-0.15, -0.1) is 0 Å². The number of hydrogen-bond acceptors (Lipinski definition) is 4. The maximum atomic E-state index is 10.8. The van der Waals surface area contributed by atoms with Crippen LogP contribution in [-0.4, -0.2) is 29.2 Å². The zero-order chi connectivity index (χ0) is 10.0. The summed E-state index contributed by atoms with van der Waals surface area (Å²) in [7, 11) is 0. The fourth-order valence-corrected chi connectivity index (χ4v) is 1.00. The Morgan fingerprint density at radius 3 is 2.69 bits per heavy atom. The molecule has 2 N–H and O–H groups in total. The van der Waals surface area contributed by atoms with Crippen molar-refractivity contribution in [2.75, 3.05) is 0 Å². The normalized spacial score (nSPS) is 23.6. The van der Waals surface area contributed by atoms with Gasteiger partial charge in [-0.05, 0) is 6.42 Å². The van der Waals surface area contributed by atoms with Gasteiger partial charge in [0.1, 0.15) is 6.04 Å². The summed E-state index contributed by atoms with van der Waals surface area (Å²) in [6.45, 7) is 1.46. The number of hydrogen-bond donors (Lipinski definition) is 2. The number of esters is 1. The second kappa shape index (κ2) is 3.42. The molecular formula is C7H9NO5. The third-order valence-electron chi connectivity index (χ3n) is 1.78. The van der Waals surface area contributed by atoms with E-state index in [1.807, 2.05) is 0 Å². The number of rotatable bonds is 3. The minimum absolute atomic E-state index is 0.0555. The zero-order valence-corrected chi connectivity index (χ0v) is 6.94. The van der Waals surface area contributed by atoms with Crippen LogP contribution in [0, 0.1) is 5.92 Å². The van der Waals surface area contributed by atoms with E-state index in [2.05, 4.69) is 10.1 Å². The van der Waals surface area contributed by atoms with Crippen LogP contribution in [0.5, 0.6) is 0 Å². The smallest absolute Gasteiger partial charge is 0.415 e. The van der Waals surface area contributed by atoms with Gasteiger partial charge in [-0.2, -0.15) is 0 Å². The fourth-order valence-electron chi connectivity index (χ4n) is 1.00. The first kappa shape index (κ1) is 9.50. The van der Waals surface area contributed by atoms with Gasteiger partial charge in [0, 0.05) is 0 Å². The van der Waals surface area contributed by atoms with Gasteiger partial charge in [0.15, 0.2) is 0 Å². The summed E-state index contributed by atoms with van der Waals surface area (Å²) < 4.78 is 4.17. The maximum Gasteiger partial charge on any atom is 0.415 e. The Hall–Kier alpha value is -1.59. The first-order valence-corrected chi connectivity index (χ1v) is 3.75. The Balaban J connectivity index is 2.50. The minimum atomic E-state index is -1.01. The summed E-state index contributed by atoms with van der Waals surface area (Å²) in [6, 6.07) is -0.821. The number of ether oxygens (including phenoxy) is 1. The van der Waals surface area contributed by atoms with Gasteiger partial charge in [0.2, 0.25) is 0 Å². The third kappa shape index (κ3) is 2.17. The molecule has 6 heteroatoms. The molecule has 72 valence electrons. The van der Waals surface area contributed by atoms with Gasteiger partial charge < -0.3 is 15.2 Å². The van der Waals surface area contributed by atoms with E-state index in [0.29, 0.717) is 0 Å². The molecule has 1 aliphatic heterocycles. The van der Waals surface area contributed by atoms with Crippen molar-refractivity contribution in [3.05, 3.63) is 0 Å². The van der Waals surface area contributed by atoms with E-state index in [0.717, 1.165) is 0 Å². The highest BCUT2D eigenvalue weighted by molar-refractivity contribution is 5.95. The molecule has 2 atom stereocenters. The second-order valence-corrected chi connectivity index (χ2v) is 2.88. The number of carbonyl (C=O) groups excluding carboxylic acids is 2. The zero-order valence-electron chi connectivity index (χ0n) is 6.94. The Kier molecular flexibility index (Phi) is 2.50. The lowest BCUT2D eigenvalue weighted by Gasteiger charge is -2.08. The van der Waals surface area contributed by atoms with E-state index in [9.17, 15) is 14.4 Å². The SMILES string of the molecule is CC(CC1NC(=O)OC1=O)C(=O)O. The van der Waals surface area contributed by atoms with E-state index in [4.69, 9.17) is 5.11 Å². The predicted octanol–water partition coefficient (Wildman–Crippen LogP) is -0.268. The van der Waals surface area contributed by atoms with Crippen molar-refractivity contribution in [3.8, 4) is 0 Å². The summed E-state index contributed by atoms with van der Waals surface area (Å²) in [6.07, 6.45) is -0.757. The van der Waals surface area contributed by atoms with Crippen LogP contribution >= 0.6 is 0 Å². The van der Waals surface area contributed by atoms with Crippen molar-refractivity contribution in [2.45, 2.75) is 19.4 Å². The first-order valence-electron chi connectivity index (χ1n) is 3.75. The molecule has 0 saturated carbocycles. The van der Waals surface area contributed by atoms with Crippen molar-refractivity contribution < 1.29 is 24.2 Å². The minimum Gasteiger partial charge on any atom is -0.481 e. The number of nitrogens with one attached hydrogen (secondary N) is 1. The Bertz CT molecular complexity index is 262. The highest BCUT2D eigenvalue weighted by Crippen LogP contribution is 2.11. The molecule has 0 radical (unpaired) electrons. The molecule has 0 aromatic heterocycles. The lowest BCUT2D eigenvalue weighted by atomic mass is 10.0. The van der Waals surface area contributed by atoms with Crippen molar-refractivity contribution in [1.29, 1.82) is 0 Å². The summed E-state index contributed by atoms with van der Waals surface area (Å²) >= 11 is 0. The summed E-state index contributed by atoms with van der Waals surface area (Å²) in [5.74, 6) is -2.40. The van der Waals surface area contributed by atoms with Gasteiger partial charge in [-0.25, -0.2) is 9.59 Å². The van der Waals surface area contributed by atoms with Crippen molar-refractivity contribution in [1.82, 2.24) is 5.32 Å². The monoisotopic (exact) mass is 187 g/mol. The molecule has 0 aromatic carbocycles. The molecule has 1 amide bonds. The van der Waals surface area contributed by atoms with Crippen LogP contribution in [0.15, 0.2) is 0 Å². The van der Waals surface area contributed by atoms with Crippen LogP contribution in [0.25, 0.3) is 0 Å². The molecule has 6 nitrogen and oxygen atoms in total. The molecule has 0 aromatic rings. The highest BCUT2D eigenvalue weighted by atomic mass is 16.6. The van der Waals surface area contributed by atoms with E-state index in [1.165, 1.54) is 6.92 Å². The molecule has 1 saturated heterocycles. The number of aliphatic carboxylic acids is 1. The molecular weight excluding hydrogens is 178 g/mol. The highest BCUT2D eigenvalue weighted by Gasteiger charge is 2.34. The molecule has 0 spiro atoms. The third-order valence-corrected chi connectivity index (χ3v) is 1.78. The predicted molar refractivity (Wildman–Crippen MR) is 39.8 cm³/mol. The first-order chi connectivity index (χ1) is 6.00. The van der Waals surface area contributed by atoms with Crippen LogP contribution in [0.4, 0.5) is 4.79 Å². The van der Waals surface area contributed by atoms with Crippen molar-refractivity contribution in [2.24, 2.45) is 5.92 Å². The van der Waals surface area contributed by atoms with E-state index < -0.39 is 30.0 Å². The van der Waals surface area contributed by atoms with Crippen molar-refractivity contribution in [3.63, 3.8) is 0 Å². The molecule has 13 heavy (non-hydrogen) atoms. The summed E-state index contributed by atoms with van der Waals surface area (Å²) in [5.41, 5.74) is 0. The maximum absolute atomic E-state index is 10.8. The number of amides is 1. The molecule has 0 bridgehead atoms. The summed E-state index contributed by atoms with van der Waals surface area (Å²) in [5, 5.41) is 10.7. The molecule has 1 aliphatic rings. The molecule has 0 aliphatic carbocycles. The molecule has 1 fully saturated rings. The van der Waals surface area contributed by atoms with Gasteiger partial charge in [-0.3, -0.25) is 4.79 Å². The fraction of sp³-hybridized carbons (Fsp3) is 0.571. The van der Waals surface area contributed by atoms with Gasteiger partial charge in [0.05, 0.1) is 5.92 Å². The van der Waals surface area contributed by atoms with Gasteiger partial charge >= 0.3 is 18.0 Å². The largest absolute Gasteiger partial charge is 0.481 e. The molecule has 2 unspecified atom stereocenters. The lowest BCUT2D eigenvalue weighted by Crippen LogP contribution is -2.32. The lowest BCUT2D eigenvalue weighted by molar-refractivity contribution is -0.142. The van der Waals surface area contributed by atoms with Crippen LogP contribution < -0.4 is 5.32 Å². The van der Waals surface area contributed by atoms with Gasteiger partial charge in [-0.1, -0.05) is 6.92 Å². The van der Waals surface area contributed by atoms with Crippen LogP contribution in [0.3, 0.4) is 0 Å². The summed E-state index contributed by atoms with van der Waals surface area (Å²) in [4.78, 5) is 31.8.